The first kappa shape index (κ1) is 24.1. The van der Waals surface area contributed by atoms with Crippen molar-refractivity contribution >= 4 is 51.3 Å². The highest BCUT2D eigenvalue weighted by Crippen LogP contribution is 2.37. The summed E-state index contributed by atoms with van der Waals surface area (Å²) in [6.07, 6.45) is -0.112. The fraction of sp³-hybridized carbons (Fsp3) is 0.174. The van der Waals surface area contributed by atoms with E-state index < -0.39 is 16.8 Å². The molecule has 1 N–H and O–H groups in total. The zero-order valence-electron chi connectivity index (χ0n) is 17.5. The molecule has 1 heterocycles. The number of nitrogens with zero attached hydrogens (tertiary/aromatic N) is 1. The van der Waals surface area contributed by atoms with Crippen molar-refractivity contribution in [2.45, 2.75) is 19.8 Å². The topological polar surface area (TPSA) is 116 Å². The first-order valence-electron chi connectivity index (χ1n) is 9.92. The largest absolute Gasteiger partial charge is 0.462 e. The van der Waals surface area contributed by atoms with Crippen molar-refractivity contribution in [2.75, 3.05) is 11.9 Å². The van der Waals surface area contributed by atoms with Crippen LogP contribution in [0.2, 0.25) is 5.02 Å². The number of non-ortho nitro benzene ring substituents is 1. The van der Waals surface area contributed by atoms with Crippen LogP contribution in [0.1, 0.15) is 40.5 Å². The van der Waals surface area contributed by atoms with Crippen molar-refractivity contribution in [3.8, 4) is 11.1 Å². The highest BCUT2D eigenvalue weighted by molar-refractivity contribution is 7.15. The second kappa shape index (κ2) is 10.8. The van der Waals surface area contributed by atoms with Gasteiger partial charge in [-0.25, -0.2) is 4.79 Å². The lowest BCUT2D eigenvalue weighted by atomic mass is 10.0. The number of hydrogen-bond donors (Lipinski definition) is 1. The number of halogens is 1. The van der Waals surface area contributed by atoms with Crippen LogP contribution in [0.4, 0.5) is 10.7 Å². The van der Waals surface area contributed by atoms with Gasteiger partial charge < -0.3 is 10.1 Å². The smallest absolute Gasteiger partial charge is 0.341 e. The van der Waals surface area contributed by atoms with E-state index in [1.54, 1.807) is 42.6 Å². The molecule has 0 fully saturated rings. The molecule has 3 rings (SSSR count). The minimum absolute atomic E-state index is 0.0225. The van der Waals surface area contributed by atoms with Gasteiger partial charge in [-0.3, -0.25) is 19.7 Å². The van der Waals surface area contributed by atoms with E-state index in [9.17, 15) is 24.5 Å². The highest BCUT2D eigenvalue weighted by atomic mass is 35.5. The van der Waals surface area contributed by atoms with Gasteiger partial charge in [0.1, 0.15) is 10.6 Å². The molecular weight excluding hydrogens is 468 g/mol. The molecule has 3 aromatic rings. The van der Waals surface area contributed by atoms with Gasteiger partial charge in [-0.2, -0.15) is 0 Å². The molecule has 0 radical (unpaired) electrons. The minimum atomic E-state index is -0.659. The van der Waals surface area contributed by atoms with E-state index in [0.717, 1.165) is 11.3 Å². The Bertz CT molecular complexity index is 1210. The van der Waals surface area contributed by atoms with Crippen molar-refractivity contribution in [1.29, 1.82) is 0 Å². The molecule has 0 saturated carbocycles. The van der Waals surface area contributed by atoms with Crippen LogP contribution in [0.15, 0.2) is 53.9 Å². The number of carbonyl (C=O) groups is 3. The number of ether oxygens (including phenoxy) is 1. The summed E-state index contributed by atoms with van der Waals surface area (Å²) in [5.74, 6) is -1.32. The maximum Gasteiger partial charge on any atom is 0.341 e. The first-order valence-corrected chi connectivity index (χ1v) is 11.2. The zero-order chi connectivity index (χ0) is 24.0. The Morgan fingerprint density at radius 3 is 2.52 bits per heavy atom. The number of Topliss-reactive ketones (excluding diaryl/α,β-unsaturated/α-hetero) is 1. The lowest BCUT2D eigenvalue weighted by molar-refractivity contribution is -0.384. The van der Waals surface area contributed by atoms with Crippen LogP contribution in [0.5, 0.6) is 0 Å². The Morgan fingerprint density at radius 1 is 1.12 bits per heavy atom. The van der Waals surface area contributed by atoms with Crippen LogP contribution in [-0.2, 0) is 9.53 Å². The van der Waals surface area contributed by atoms with E-state index >= 15 is 0 Å². The molecule has 8 nitrogen and oxygen atoms in total. The average molecular weight is 487 g/mol. The summed E-state index contributed by atoms with van der Waals surface area (Å²) in [5.41, 5.74) is 1.29. The standard InChI is InChI=1S/C23H19ClN2O6S/c1-2-32-23(29)21-18(15-4-3-5-17(12-15)26(30)31)13-33-22(21)25-20(28)11-10-19(27)14-6-8-16(24)9-7-14/h3-9,12-13H,2,10-11H2,1H3,(H,25,28). The first-order chi connectivity index (χ1) is 15.8. The third-order valence-electron chi connectivity index (χ3n) is 4.64. The molecule has 0 saturated heterocycles. The van der Waals surface area contributed by atoms with Crippen LogP contribution >= 0.6 is 22.9 Å². The number of nitro benzene ring substituents is 1. The maximum atomic E-state index is 12.6. The molecule has 0 aliphatic rings. The Balaban J connectivity index is 1.79. The van der Waals surface area contributed by atoms with Gasteiger partial charge in [-0.15, -0.1) is 11.3 Å². The Labute approximate surface area is 198 Å². The van der Waals surface area contributed by atoms with Crippen molar-refractivity contribution in [1.82, 2.24) is 0 Å². The Hall–Kier alpha value is -3.56. The predicted molar refractivity (Wildman–Crippen MR) is 126 cm³/mol. The van der Waals surface area contributed by atoms with E-state index in [-0.39, 0.29) is 41.5 Å². The van der Waals surface area contributed by atoms with Gasteiger partial charge >= 0.3 is 5.97 Å². The number of nitrogens with one attached hydrogen (secondary N) is 1. The monoisotopic (exact) mass is 486 g/mol. The summed E-state index contributed by atoms with van der Waals surface area (Å²) < 4.78 is 5.13. The average Bonchev–Trinajstić information content (AvgIpc) is 3.21. The summed E-state index contributed by atoms with van der Waals surface area (Å²) in [4.78, 5) is 48.0. The Morgan fingerprint density at radius 2 is 1.85 bits per heavy atom. The van der Waals surface area contributed by atoms with E-state index in [0.29, 0.717) is 21.7 Å². The molecule has 10 heteroatoms. The number of rotatable bonds is 9. The van der Waals surface area contributed by atoms with Crippen molar-refractivity contribution in [3.63, 3.8) is 0 Å². The molecule has 0 unspecified atom stereocenters. The number of nitro groups is 1. The molecular formula is C23H19ClN2O6S. The van der Waals surface area contributed by atoms with E-state index in [2.05, 4.69) is 5.32 Å². The van der Waals surface area contributed by atoms with Gasteiger partial charge in [0.15, 0.2) is 5.78 Å². The van der Waals surface area contributed by atoms with Crippen LogP contribution in [-0.4, -0.2) is 29.2 Å². The lowest BCUT2D eigenvalue weighted by Crippen LogP contribution is -2.15. The van der Waals surface area contributed by atoms with Gasteiger partial charge in [0, 0.05) is 46.5 Å². The SMILES string of the molecule is CCOC(=O)c1c(-c2cccc([N+](=O)[O-])c2)csc1NC(=O)CCC(=O)c1ccc(Cl)cc1. The number of anilines is 1. The van der Waals surface area contributed by atoms with Gasteiger partial charge in [0.2, 0.25) is 5.91 Å². The second-order valence-corrected chi connectivity index (χ2v) is 8.18. The number of amides is 1. The molecule has 1 aromatic heterocycles. The fourth-order valence-corrected chi connectivity index (χ4v) is 4.15. The fourth-order valence-electron chi connectivity index (χ4n) is 3.05. The van der Waals surface area contributed by atoms with Crippen LogP contribution in [0.25, 0.3) is 11.1 Å². The van der Waals surface area contributed by atoms with Crippen molar-refractivity contribution in [2.24, 2.45) is 0 Å². The third-order valence-corrected chi connectivity index (χ3v) is 5.78. The zero-order valence-corrected chi connectivity index (χ0v) is 19.1. The summed E-state index contributed by atoms with van der Waals surface area (Å²) in [6.45, 7) is 1.77. The summed E-state index contributed by atoms with van der Waals surface area (Å²) in [7, 11) is 0. The van der Waals surface area contributed by atoms with E-state index in [4.69, 9.17) is 16.3 Å². The molecule has 0 aliphatic carbocycles. The molecule has 0 bridgehead atoms. The van der Waals surface area contributed by atoms with Gasteiger partial charge in [0.05, 0.1) is 11.5 Å². The minimum Gasteiger partial charge on any atom is -0.462 e. The highest BCUT2D eigenvalue weighted by Gasteiger charge is 2.24. The normalized spacial score (nSPS) is 10.5. The molecule has 0 spiro atoms. The van der Waals surface area contributed by atoms with Crippen LogP contribution < -0.4 is 5.32 Å². The molecule has 0 atom stereocenters. The van der Waals surface area contributed by atoms with Crippen molar-refractivity contribution < 1.29 is 24.0 Å². The molecule has 170 valence electrons. The van der Waals surface area contributed by atoms with E-state index in [1.807, 2.05) is 0 Å². The summed E-state index contributed by atoms with van der Waals surface area (Å²) in [5, 5.41) is 16.2. The summed E-state index contributed by atoms with van der Waals surface area (Å²) in [6, 6.07) is 12.2. The molecule has 33 heavy (non-hydrogen) atoms. The number of thiophene rings is 1. The van der Waals surface area contributed by atoms with Gasteiger partial charge in [-0.1, -0.05) is 23.7 Å². The molecule has 2 aromatic carbocycles. The second-order valence-electron chi connectivity index (χ2n) is 6.86. The van der Waals surface area contributed by atoms with Gasteiger partial charge in [-0.05, 0) is 36.8 Å². The number of esters is 1. The lowest BCUT2D eigenvalue weighted by Gasteiger charge is -2.09. The number of carbonyl (C=O) groups excluding carboxylic acids is 3. The third kappa shape index (κ3) is 6.03. The molecule has 1 amide bonds. The molecule has 0 aliphatic heterocycles. The van der Waals surface area contributed by atoms with Crippen LogP contribution in [0, 0.1) is 10.1 Å². The predicted octanol–water partition coefficient (Wildman–Crippen LogP) is 5.76. The number of ketones is 1. The van der Waals surface area contributed by atoms with Crippen molar-refractivity contribution in [3.05, 3.63) is 80.2 Å². The Kier molecular flexibility index (Phi) is 7.92. The van der Waals surface area contributed by atoms with Crippen LogP contribution in [0.3, 0.4) is 0 Å². The van der Waals surface area contributed by atoms with E-state index in [1.165, 1.54) is 18.2 Å². The number of benzene rings is 2. The quantitative estimate of drug-likeness (QED) is 0.178. The summed E-state index contributed by atoms with van der Waals surface area (Å²) >= 11 is 6.92. The number of hydrogen-bond acceptors (Lipinski definition) is 7. The maximum absolute atomic E-state index is 12.6. The van der Waals surface area contributed by atoms with Gasteiger partial charge in [0.25, 0.3) is 5.69 Å².